The van der Waals surface area contributed by atoms with E-state index < -0.39 is 5.60 Å². The molecule has 1 atom stereocenters. The van der Waals surface area contributed by atoms with Gasteiger partial charge >= 0.3 is 0 Å². The Morgan fingerprint density at radius 2 is 2.20 bits per heavy atom. The maximum atomic E-state index is 10.7. The molecular weight excluding hydrogens is 336 g/mol. The van der Waals surface area contributed by atoms with Gasteiger partial charge in [-0.25, -0.2) is 9.97 Å². The van der Waals surface area contributed by atoms with Crippen LogP contribution in [0.4, 0.5) is 0 Å². The first kappa shape index (κ1) is 14.9. The fraction of sp³-hybridized carbons (Fsp3) is 0.278. The maximum Gasteiger partial charge on any atom is 0.181 e. The van der Waals surface area contributed by atoms with Crippen molar-refractivity contribution in [2.24, 2.45) is 7.05 Å². The minimum atomic E-state index is -0.873. The van der Waals surface area contributed by atoms with E-state index in [1.807, 2.05) is 31.4 Å². The van der Waals surface area contributed by atoms with Crippen LogP contribution in [-0.4, -0.2) is 38.1 Å². The zero-order valence-electron chi connectivity index (χ0n) is 13.6. The Balaban J connectivity index is 1.59. The molecule has 0 aromatic carbocycles. The number of rotatable bonds is 2. The molecule has 4 aromatic heterocycles. The van der Waals surface area contributed by atoms with E-state index >= 15 is 0 Å². The molecule has 0 radical (unpaired) electrons. The van der Waals surface area contributed by atoms with Crippen LogP contribution in [0.3, 0.4) is 0 Å². The van der Waals surface area contributed by atoms with Gasteiger partial charge in [0.1, 0.15) is 10.4 Å². The minimum Gasteiger partial charge on any atom is -0.382 e. The normalized spacial score (nSPS) is 20.7. The van der Waals surface area contributed by atoms with Crippen molar-refractivity contribution in [3.63, 3.8) is 0 Å². The Morgan fingerprint density at radius 3 is 3.04 bits per heavy atom. The second-order valence-corrected chi connectivity index (χ2v) is 7.51. The number of hydrogen-bond acceptors (Lipinski definition) is 6. The highest BCUT2D eigenvalue weighted by molar-refractivity contribution is 7.18. The Bertz CT molecular complexity index is 1100. The summed E-state index contributed by atoms with van der Waals surface area (Å²) in [5, 5.41) is 17.0. The molecule has 1 aliphatic rings. The van der Waals surface area contributed by atoms with Gasteiger partial charge in [-0.3, -0.25) is 4.68 Å². The lowest BCUT2D eigenvalue weighted by Gasteiger charge is -2.17. The van der Waals surface area contributed by atoms with Gasteiger partial charge in [0.25, 0.3) is 0 Å². The molecule has 0 amide bonds. The molecule has 0 bridgehead atoms. The van der Waals surface area contributed by atoms with Crippen molar-refractivity contribution < 1.29 is 9.84 Å². The summed E-state index contributed by atoms with van der Waals surface area (Å²) in [6.07, 6.45) is 4.38. The van der Waals surface area contributed by atoms with E-state index in [9.17, 15) is 5.11 Å². The molecule has 126 valence electrons. The van der Waals surface area contributed by atoms with Gasteiger partial charge in [-0.05, 0) is 24.3 Å². The summed E-state index contributed by atoms with van der Waals surface area (Å²) in [7, 11) is 1.89. The summed E-state index contributed by atoms with van der Waals surface area (Å²) >= 11 is 1.53. The van der Waals surface area contributed by atoms with Gasteiger partial charge in [-0.15, -0.1) is 11.3 Å². The molecule has 1 N–H and O–H groups in total. The van der Waals surface area contributed by atoms with Crippen molar-refractivity contribution in [2.45, 2.75) is 12.0 Å². The lowest BCUT2D eigenvalue weighted by atomic mass is 10.0. The van der Waals surface area contributed by atoms with Crippen LogP contribution in [0.5, 0.6) is 0 Å². The predicted molar refractivity (Wildman–Crippen MR) is 96.5 cm³/mol. The monoisotopic (exact) mass is 352 g/mol. The van der Waals surface area contributed by atoms with Crippen molar-refractivity contribution in [1.82, 2.24) is 19.7 Å². The predicted octanol–water partition coefficient (Wildman–Crippen LogP) is 2.85. The van der Waals surface area contributed by atoms with Crippen LogP contribution in [0.2, 0.25) is 0 Å². The molecule has 0 spiro atoms. The lowest BCUT2D eigenvalue weighted by Crippen LogP contribution is -2.23. The smallest absolute Gasteiger partial charge is 0.181 e. The lowest BCUT2D eigenvalue weighted by molar-refractivity contribution is 0.0264. The number of pyridine rings is 2. The van der Waals surface area contributed by atoms with Crippen LogP contribution in [0.25, 0.3) is 32.5 Å². The van der Waals surface area contributed by atoms with Crippen molar-refractivity contribution in [2.75, 3.05) is 13.2 Å². The van der Waals surface area contributed by atoms with E-state index in [1.165, 1.54) is 11.3 Å². The largest absolute Gasteiger partial charge is 0.382 e. The first-order valence-electron chi connectivity index (χ1n) is 8.12. The van der Waals surface area contributed by atoms with Gasteiger partial charge < -0.3 is 9.84 Å². The first-order chi connectivity index (χ1) is 12.1. The summed E-state index contributed by atoms with van der Waals surface area (Å²) in [5.41, 5.74) is 1.69. The van der Waals surface area contributed by atoms with Gasteiger partial charge in [0.2, 0.25) is 0 Å². The second kappa shape index (κ2) is 5.32. The third-order valence-electron chi connectivity index (χ3n) is 4.61. The number of fused-ring (bicyclic) bond motifs is 2. The van der Waals surface area contributed by atoms with Crippen molar-refractivity contribution >= 4 is 32.6 Å². The molecule has 0 unspecified atom stereocenters. The highest BCUT2D eigenvalue weighted by Crippen LogP contribution is 2.38. The Kier molecular flexibility index (Phi) is 3.18. The Hall–Kier alpha value is -2.35. The SMILES string of the molecule is Cn1cc2cc(-c3ccc4cc([C@@]5(O)CCOC5)sc4n3)cnc2n1. The first-order valence-corrected chi connectivity index (χ1v) is 8.93. The molecular formula is C18H16N4O2S. The van der Waals surface area contributed by atoms with Crippen LogP contribution in [0.15, 0.2) is 36.7 Å². The number of ether oxygens (including phenoxy) is 1. The van der Waals surface area contributed by atoms with Crippen molar-refractivity contribution in [1.29, 1.82) is 0 Å². The Labute approximate surface area is 147 Å². The summed E-state index contributed by atoms with van der Waals surface area (Å²) < 4.78 is 7.12. The molecule has 1 fully saturated rings. The van der Waals surface area contributed by atoms with E-state index in [2.05, 4.69) is 16.1 Å². The van der Waals surface area contributed by atoms with E-state index in [1.54, 1.807) is 10.9 Å². The summed E-state index contributed by atoms with van der Waals surface area (Å²) in [6.45, 7) is 0.953. The quantitative estimate of drug-likeness (QED) is 0.600. The maximum absolute atomic E-state index is 10.7. The number of aryl methyl sites for hydroxylation is 1. The van der Waals surface area contributed by atoms with Gasteiger partial charge in [-0.1, -0.05) is 0 Å². The third kappa shape index (κ3) is 2.43. The molecule has 7 heteroatoms. The number of aliphatic hydroxyl groups is 1. The van der Waals surface area contributed by atoms with Gasteiger partial charge in [0.05, 0.1) is 12.3 Å². The van der Waals surface area contributed by atoms with E-state index in [0.717, 1.165) is 37.4 Å². The second-order valence-electron chi connectivity index (χ2n) is 6.48. The fourth-order valence-corrected chi connectivity index (χ4v) is 4.36. The molecule has 0 saturated carbocycles. The van der Waals surface area contributed by atoms with Crippen molar-refractivity contribution in [3.05, 3.63) is 41.5 Å². The van der Waals surface area contributed by atoms with Crippen LogP contribution in [0.1, 0.15) is 11.3 Å². The molecule has 1 aliphatic heterocycles. The third-order valence-corrected chi connectivity index (χ3v) is 5.85. The van der Waals surface area contributed by atoms with Gasteiger partial charge in [0, 0.05) is 53.7 Å². The summed E-state index contributed by atoms with van der Waals surface area (Å²) in [6, 6.07) is 8.11. The van der Waals surface area contributed by atoms with Crippen LogP contribution < -0.4 is 0 Å². The van der Waals surface area contributed by atoms with Crippen LogP contribution in [0, 0.1) is 0 Å². The number of thiophene rings is 1. The zero-order valence-corrected chi connectivity index (χ0v) is 14.5. The van der Waals surface area contributed by atoms with E-state index in [4.69, 9.17) is 9.72 Å². The Morgan fingerprint density at radius 1 is 1.28 bits per heavy atom. The van der Waals surface area contributed by atoms with Gasteiger partial charge in [-0.2, -0.15) is 5.10 Å². The minimum absolute atomic E-state index is 0.355. The summed E-state index contributed by atoms with van der Waals surface area (Å²) in [5.74, 6) is 0. The number of hydrogen-bond donors (Lipinski definition) is 1. The summed E-state index contributed by atoms with van der Waals surface area (Å²) in [4.78, 5) is 11.0. The zero-order chi connectivity index (χ0) is 17.0. The van der Waals surface area contributed by atoms with Crippen LogP contribution in [-0.2, 0) is 17.4 Å². The molecule has 4 aromatic rings. The molecule has 6 nitrogen and oxygen atoms in total. The number of aromatic nitrogens is 4. The molecule has 25 heavy (non-hydrogen) atoms. The molecule has 5 heterocycles. The molecule has 1 saturated heterocycles. The number of nitrogens with zero attached hydrogens (tertiary/aromatic N) is 4. The average molecular weight is 352 g/mol. The highest BCUT2D eigenvalue weighted by atomic mass is 32.1. The molecule has 0 aliphatic carbocycles. The van der Waals surface area contributed by atoms with Crippen molar-refractivity contribution in [3.8, 4) is 11.3 Å². The standard InChI is InChI=1S/C18H16N4O2S/c1-22-9-13-6-12(8-19-16(13)21-22)14-3-2-11-7-15(25-17(11)20-14)18(23)4-5-24-10-18/h2-3,6-9,23H,4-5,10H2,1H3/t18-/m1/s1. The highest BCUT2D eigenvalue weighted by Gasteiger charge is 2.35. The van der Waals surface area contributed by atoms with E-state index in [0.29, 0.717) is 19.6 Å². The molecule has 5 rings (SSSR count). The van der Waals surface area contributed by atoms with Gasteiger partial charge in [0.15, 0.2) is 5.65 Å². The topological polar surface area (TPSA) is 73.1 Å². The van der Waals surface area contributed by atoms with Crippen LogP contribution >= 0.6 is 11.3 Å². The van der Waals surface area contributed by atoms with E-state index in [-0.39, 0.29) is 0 Å². The fourth-order valence-electron chi connectivity index (χ4n) is 3.23. The average Bonchev–Trinajstić information content (AvgIpc) is 3.30.